The number of hydrogen-bond donors (Lipinski definition) is 1. The molecule has 0 fully saturated rings. The van der Waals surface area contributed by atoms with Gasteiger partial charge in [0.25, 0.3) is 0 Å². The molecule has 0 radical (unpaired) electrons. The van der Waals surface area contributed by atoms with Gasteiger partial charge >= 0.3 is 29.6 Å². The van der Waals surface area contributed by atoms with Crippen LogP contribution in [-0.4, -0.2) is 29.4 Å². The first-order valence-corrected chi connectivity index (χ1v) is 13.0. The van der Waals surface area contributed by atoms with Gasteiger partial charge in [-0.25, -0.2) is 8.42 Å². The molecule has 2 atom stereocenters. The van der Waals surface area contributed by atoms with Crippen molar-refractivity contribution in [1.29, 1.82) is 0 Å². The molecule has 0 bridgehead atoms. The van der Waals surface area contributed by atoms with Gasteiger partial charge in [-0.2, -0.15) is 0 Å². The average molecular weight is 429 g/mol. The van der Waals surface area contributed by atoms with Crippen molar-refractivity contribution in [3.05, 3.63) is 0 Å². The minimum atomic E-state index is -4.14. The van der Waals surface area contributed by atoms with Crippen LogP contribution in [-0.2, 0) is 10.1 Å². The first-order chi connectivity index (χ1) is 12.9. The van der Waals surface area contributed by atoms with Crippen LogP contribution in [0, 0.1) is 0 Å². The van der Waals surface area contributed by atoms with E-state index in [-0.39, 0.29) is 35.7 Å². The monoisotopic (exact) mass is 428 g/mol. The molecule has 6 heteroatoms. The molecule has 0 aromatic rings. The van der Waals surface area contributed by atoms with E-state index in [0.29, 0.717) is 12.8 Å². The first-order valence-electron chi connectivity index (χ1n) is 11.5. The van der Waals surface area contributed by atoms with Crippen LogP contribution >= 0.6 is 0 Å². The molecule has 0 aliphatic carbocycles. The van der Waals surface area contributed by atoms with Crippen LogP contribution in [0.15, 0.2) is 0 Å². The summed E-state index contributed by atoms with van der Waals surface area (Å²) in [5.41, 5.74) is 0. The van der Waals surface area contributed by atoms with Crippen molar-refractivity contribution in [2.45, 2.75) is 141 Å². The van der Waals surface area contributed by atoms with Gasteiger partial charge in [0, 0.05) is 5.25 Å². The minimum absolute atomic E-state index is 0. The second-order valence-electron chi connectivity index (χ2n) is 8.17. The molecule has 4 nitrogen and oxygen atoms in total. The van der Waals surface area contributed by atoms with Crippen molar-refractivity contribution in [2.24, 2.45) is 0 Å². The Balaban J connectivity index is 0. The van der Waals surface area contributed by atoms with Crippen LogP contribution in [0.25, 0.3) is 0 Å². The fraction of sp³-hybridized carbons (Fsp3) is 1.00. The third kappa shape index (κ3) is 20.2. The van der Waals surface area contributed by atoms with E-state index in [1.54, 1.807) is 0 Å². The number of unbranched alkanes of at least 4 members (excludes halogenated alkanes) is 11. The standard InChI is InChI=1S/C22H46O4S.Na/c1-3-5-6-7-8-9-11-14-18-21(23)19-15-12-10-13-16-20-22(17-4-2)27(24,25)26;/h21-23H,3-20H2,1-2H3,(H,24,25,26);/q;+1/p-1. The van der Waals surface area contributed by atoms with Gasteiger partial charge < -0.3 is 9.66 Å². The van der Waals surface area contributed by atoms with E-state index < -0.39 is 15.4 Å². The maximum Gasteiger partial charge on any atom is 1.00 e. The molecule has 0 rings (SSSR count). The Hall–Kier alpha value is 0.870. The maximum atomic E-state index is 11.2. The van der Waals surface area contributed by atoms with E-state index >= 15 is 0 Å². The molecule has 0 spiro atoms. The molecule has 0 saturated carbocycles. The van der Waals surface area contributed by atoms with Gasteiger partial charge in [-0.15, -0.1) is 0 Å². The summed E-state index contributed by atoms with van der Waals surface area (Å²) in [7, 11) is -4.14. The predicted molar refractivity (Wildman–Crippen MR) is 114 cm³/mol. The van der Waals surface area contributed by atoms with Crippen molar-refractivity contribution in [3.8, 4) is 0 Å². The number of aliphatic hydroxyl groups is 1. The van der Waals surface area contributed by atoms with Gasteiger partial charge in [-0.3, -0.25) is 0 Å². The Labute approximate surface area is 197 Å². The Bertz CT molecular complexity index is 415. The van der Waals surface area contributed by atoms with E-state index in [2.05, 4.69) is 6.92 Å². The Morgan fingerprint density at radius 2 is 1.04 bits per heavy atom. The van der Waals surface area contributed by atoms with Gasteiger partial charge in [-0.05, 0) is 25.7 Å². The Kier molecular flexibility index (Phi) is 23.4. The average Bonchev–Trinajstić information content (AvgIpc) is 2.61. The number of aliphatic hydroxyl groups excluding tert-OH is 1. The molecule has 0 saturated heterocycles. The molecule has 2 unspecified atom stereocenters. The Morgan fingerprint density at radius 3 is 1.43 bits per heavy atom. The summed E-state index contributed by atoms with van der Waals surface area (Å²) in [6, 6.07) is 0. The van der Waals surface area contributed by atoms with Crippen LogP contribution in [0.5, 0.6) is 0 Å². The van der Waals surface area contributed by atoms with Crippen molar-refractivity contribution >= 4 is 10.1 Å². The molecule has 0 heterocycles. The molecular weight excluding hydrogens is 383 g/mol. The smallest absolute Gasteiger partial charge is 0.748 e. The summed E-state index contributed by atoms with van der Waals surface area (Å²) in [4.78, 5) is 0. The minimum Gasteiger partial charge on any atom is -0.748 e. The van der Waals surface area contributed by atoms with Crippen molar-refractivity contribution < 1.29 is 47.6 Å². The van der Waals surface area contributed by atoms with Crippen LogP contribution in [0.4, 0.5) is 0 Å². The first kappa shape index (κ1) is 31.1. The molecule has 1 N–H and O–H groups in total. The number of rotatable bonds is 20. The van der Waals surface area contributed by atoms with Gasteiger partial charge in [-0.1, -0.05) is 104 Å². The Morgan fingerprint density at radius 1 is 0.643 bits per heavy atom. The van der Waals surface area contributed by atoms with E-state index in [1.165, 1.54) is 44.9 Å². The van der Waals surface area contributed by atoms with Gasteiger partial charge in [0.2, 0.25) is 0 Å². The summed E-state index contributed by atoms with van der Waals surface area (Å²) in [5.74, 6) is 0. The fourth-order valence-electron chi connectivity index (χ4n) is 3.70. The summed E-state index contributed by atoms with van der Waals surface area (Å²) in [6.45, 7) is 4.16. The zero-order valence-corrected chi connectivity index (χ0v) is 21.8. The normalized spacial score (nSPS) is 13.9. The molecule has 28 heavy (non-hydrogen) atoms. The second kappa shape index (κ2) is 21.1. The second-order valence-corrected chi connectivity index (χ2v) is 9.82. The summed E-state index contributed by atoms with van der Waals surface area (Å²) >= 11 is 0. The zero-order valence-electron chi connectivity index (χ0n) is 19.0. The zero-order chi connectivity index (χ0) is 20.4. The SMILES string of the molecule is CCCCCCCCCCC(O)CCCCCCCC(CCC)S(=O)(=O)[O-].[Na+]. The molecule has 0 aliphatic heterocycles. The van der Waals surface area contributed by atoms with E-state index in [9.17, 15) is 18.1 Å². The van der Waals surface area contributed by atoms with E-state index in [0.717, 1.165) is 57.8 Å². The van der Waals surface area contributed by atoms with Gasteiger partial charge in [0.15, 0.2) is 0 Å². The van der Waals surface area contributed by atoms with E-state index in [4.69, 9.17) is 0 Å². The third-order valence-corrected chi connectivity index (χ3v) is 6.76. The maximum absolute atomic E-state index is 11.2. The quantitative estimate of drug-likeness (QED) is 0.183. The van der Waals surface area contributed by atoms with Crippen LogP contribution in [0.1, 0.15) is 129 Å². The summed E-state index contributed by atoms with van der Waals surface area (Å²) < 4.78 is 33.5. The van der Waals surface area contributed by atoms with Crippen molar-refractivity contribution in [2.75, 3.05) is 0 Å². The van der Waals surface area contributed by atoms with Crippen molar-refractivity contribution in [1.82, 2.24) is 0 Å². The summed E-state index contributed by atoms with van der Waals surface area (Å²) in [5, 5.41) is 9.35. The molecule has 0 aromatic carbocycles. The summed E-state index contributed by atoms with van der Waals surface area (Å²) in [6.07, 6.45) is 18.7. The van der Waals surface area contributed by atoms with Gasteiger partial charge in [0.05, 0.1) is 16.2 Å². The molecular formula is C22H45NaO4S. The number of hydrogen-bond acceptors (Lipinski definition) is 4. The van der Waals surface area contributed by atoms with Crippen LogP contribution in [0.3, 0.4) is 0 Å². The fourth-order valence-corrected chi connectivity index (χ4v) is 4.68. The largest absolute Gasteiger partial charge is 1.00 e. The third-order valence-electron chi connectivity index (χ3n) is 5.47. The molecule has 164 valence electrons. The molecule has 0 amide bonds. The van der Waals surface area contributed by atoms with Gasteiger partial charge in [0.1, 0.15) is 0 Å². The molecule has 0 aliphatic rings. The van der Waals surface area contributed by atoms with Crippen molar-refractivity contribution in [3.63, 3.8) is 0 Å². The van der Waals surface area contributed by atoms with Crippen LogP contribution < -0.4 is 29.6 Å². The molecule has 0 aromatic heterocycles. The van der Waals surface area contributed by atoms with Crippen LogP contribution in [0.2, 0.25) is 0 Å². The van der Waals surface area contributed by atoms with E-state index in [1.807, 2.05) is 6.92 Å². The predicted octanol–water partition coefficient (Wildman–Crippen LogP) is 3.33. The topological polar surface area (TPSA) is 77.4 Å².